The minimum atomic E-state index is -2.44. The Labute approximate surface area is 126 Å². The highest BCUT2D eigenvalue weighted by Gasteiger charge is 2.55. The van der Waals surface area contributed by atoms with E-state index < -0.39 is 16.1 Å². The number of rotatable bonds is 4. The van der Waals surface area contributed by atoms with Crippen LogP contribution in [0.5, 0.6) is 0 Å². The Bertz CT molecular complexity index is 458. The van der Waals surface area contributed by atoms with Gasteiger partial charge in [0.2, 0.25) is 0 Å². The second kappa shape index (κ2) is 6.22. The number of benzene rings is 1. The third-order valence-electron chi connectivity index (χ3n) is 3.85. The van der Waals surface area contributed by atoms with Crippen LogP contribution in [0.3, 0.4) is 0 Å². The second-order valence-electron chi connectivity index (χ2n) is 5.33. The van der Waals surface area contributed by atoms with Gasteiger partial charge < -0.3 is 10.4 Å². The van der Waals surface area contributed by atoms with Gasteiger partial charge in [-0.25, -0.2) is 4.39 Å². The number of hydrogen-bond donors (Lipinski definition) is 2. The Morgan fingerprint density at radius 1 is 1.30 bits per heavy atom. The lowest BCUT2D eigenvalue weighted by Gasteiger charge is -2.39. The van der Waals surface area contributed by atoms with E-state index in [1.807, 2.05) is 30.3 Å². The monoisotopic (exact) mass is 343 g/mol. The lowest BCUT2D eigenvalue weighted by molar-refractivity contribution is -0.144. The summed E-state index contributed by atoms with van der Waals surface area (Å²) in [5.74, 6) is -0.814. The van der Waals surface area contributed by atoms with E-state index in [0.29, 0.717) is 12.8 Å². The molecule has 1 unspecified atom stereocenters. The van der Waals surface area contributed by atoms with E-state index in [1.54, 1.807) is 0 Å². The summed E-state index contributed by atoms with van der Waals surface area (Å²) in [7, 11) is 0. The van der Waals surface area contributed by atoms with Gasteiger partial charge in [0.15, 0.2) is 0 Å². The third-order valence-corrected chi connectivity index (χ3v) is 4.94. The highest BCUT2D eigenvalue weighted by molar-refractivity contribution is 9.10. The summed E-state index contributed by atoms with van der Waals surface area (Å²) in [5, 5.41) is 12.9. The van der Waals surface area contributed by atoms with Crippen molar-refractivity contribution >= 4 is 21.8 Å². The van der Waals surface area contributed by atoms with Gasteiger partial charge in [-0.15, -0.1) is 0 Å². The minimum Gasteiger partial charge on any atom is -0.385 e. The van der Waals surface area contributed by atoms with Gasteiger partial charge in [-0.3, -0.25) is 4.79 Å². The molecule has 0 aliphatic heterocycles. The molecule has 5 heteroatoms. The SMILES string of the molecule is O=C(NCc1ccccc1)C(F)(Br)C1(O)CCCCC1. The van der Waals surface area contributed by atoms with Crippen molar-refractivity contribution < 1.29 is 14.3 Å². The minimum absolute atomic E-state index is 0.243. The Balaban J connectivity index is 1.99. The quantitative estimate of drug-likeness (QED) is 0.825. The first-order valence-corrected chi connectivity index (χ1v) is 7.67. The van der Waals surface area contributed by atoms with Gasteiger partial charge in [0.05, 0.1) is 0 Å². The van der Waals surface area contributed by atoms with Crippen molar-refractivity contribution in [3.8, 4) is 0 Å². The van der Waals surface area contributed by atoms with Crippen LogP contribution >= 0.6 is 15.9 Å². The summed E-state index contributed by atoms with van der Waals surface area (Å²) >= 11 is 2.81. The molecule has 0 saturated heterocycles. The Hall–Kier alpha value is -0.940. The molecule has 0 aromatic heterocycles. The molecule has 1 saturated carbocycles. The van der Waals surface area contributed by atoms with Crippen molar-refractivity contribution in [2.24, 2.45) is 0 Å². The average molecular weight is 344 g/mol. The third kappa shape index (κ3) is 3.20. The van der Waals surface area contributed by atoms with Crippen LogP contribution in [0.1, 0.15) is 37.7 Å². The van der Waals surface area contributed by atoms with Gasteiger partial charge in [-0.1, -0.05) is 49.6 Å². The molecule has 20 heavy (non-hydrogen) atoms. The molecular formula is C15H19BrFNO2. The van der Waals surface area contributed by atoms with Crippen molar-refractivity contribution in [3.63, 3.8) is 0 Å². The maximum absolute atomic E-state index is 14.7. The van der Waals surface area contributed by atoms with Crippen LogP contribution in [0, 0.1) is 0 Å². The molecule has 1 aromatic carbocycles. The zero-order chi connectivity index (χ0) is 14.6. The van der Waals surface area contributed by atoms with Crippen LogP contribution in [0.2, 0.25) is 0 Å². The maximum Gasteiger partial charge on any atom is 0.272 e. The van der Waals surface area contributed by atoms with Crippen molar-refractivity contribution in [1.82, 2.24) is 5.32 Å². The predicted octanol–water partition coefficient (Wildman–Crippen LogP) is 3.06. The first kappa shape index (κ1) is 15.4. The number of aliphatic hydroxyl groups is 1. The molecule has 1 aromatic rings. The van der Waals surface area contributed by atoms with E-state index in [4.69, 9.17) is 0 Å². The van der Waals surface area contributed by atoms with Crippen LogP contribution in [0.15, 0.2) is 30.3 Å². The molecule has 1 amide bonds. The number of halogens is 2. The molecule has 2 rings (SSSR count). The van der Waals surface area contributed by atoms with Crippen LogP contribution in [0.25, 0.3) is 0 Å². The van der Waals surface area contributed by atoms with Gasteiger partial charge in [0.25, 0.3) is 10.5 Å². The summed E-state index contributed by atoms with van der Waals surface area (Å²) in [6.45, 7) is 0.243. The van der Waals surface area contributed by atoms with E-state index >= 15 is 0 Å². The van der Waals surface area contributed by atoms with Crippen LogP contribution in [-0.2, 0) is 11.3 Å². The molecule has 110 valence electrons. The number of hydrogen-bond acceptors (Lipinski definition) is 2. The van der Waals surface area contributed by atoms with Crippen LogP contribution in [0.4, 0.5) is 4.39 Å². The number of carbonyl (C=O) groups is 1. The van der Waals surface area contributed by atoms with Crippen LogP contribution < -0.4 is 5.32 Å². The number of alkyl halides is 2. The number of amides is 1. The molecule has 1 aliphatic carbocycles. The summed E-state index contributed by atoms with van der Waals surface area (Å²) in [6, 6.07) is 9.29. The predicted molar refractivity (Wildman–Crippen MR) is 79.1 cm³/mol. The fourth-order valence-electron chi connectivity index (χ4n) is 2.55. The molecule has 1 fully saturated rings. The van der Waals surface area contributed by atoms with Crippen molar-refractivity contribution in [2.45, 2.75) is 48.8 Å². The molecule has 3 nitrogen and oxygen atoms in total. The molecule has 1 aliphatic rings. The average Bonchev–Trinajstić information content (AvgIpc) is 2.46. The molecule has 2 N–H and O–H groups in total. The Kier molecular flexibility index (Phi) is 4.81. The summed E-state index contributed by atoms with van der Waals surface area (Å²) in [5.41, 5.74) is -0.730. The second-order valence-corrected chi connectivity index (χ2v) is 6.43. The van der Waals surface area contributed by atoms with E-state index in [0.717, 1.165) is 24.8 Å². The lowest BCUT2D eigenvalue weighted by Crippen LogP contribution is -2.56. The van der Waals surface area contributed by atoms with E-state index in [-0.39, 0.29) is 6.54 Å². The topological polar surface area (TPSA) is 49.3 Å². The van der Waals surface area contributed by atoms with Gasteiger partial charge in [0, 0.05) is 6.54 Å². The summed E-state index contributed by atoms with van der Waals surface area (Å²) in [6.07, 6.45) is 3.04. The number of carbonyl (C=O) groups excluding carboxylic acids is 1. The fraction of sp³-hybridized carbons (Fsp3) is 0.533. The normalized spacial score (nSPS) is 20.9. The van der Waals surface area contributed by atoms with Gasteiger partial charge >= 0.3 is 0 Å². The Morgan fingerprint density at radius 2 is 1.90 bits per heavy atom. The zero-order valence-corrected chi connectivity index (χ0v) is 12.8. The van der Waals surface area contributed by atoms with Crippen molar-refractivity contribution in [3.05, 3.63) is 35.9 Å². The van der Waals surface area contributed by atoms with Gasteiger partial charge in [0.1, 0.15) is 5.60 Å². The standard InChI is InChI=1S/C15H19BrFNO2/c16-15(17,14(20)9-5-2-6-10-14)13(19)18-11-12-7-3-1-4-8-12/h1,3-4,7-8,20H,2,5-6,9-11H2,(H,18,19). The van der Waals surface area contributed by atoms with Gasteiger partial charge in [-0.2, -0.15) is 0 Å². The highest BCUT2D eigenvalue weighted by Crippen LogP contribution is 2.43. The first-order chi connectivity index (χ1) is 9.46. The van der Waals surface area contributed by atoms with E-state index in [2.05, 4.69) is 21.2 Å². The molecule has 0 heterocycles. The highest BCUT2D eigenvalue weighted by atomic mass is 79.9. The molecule has 0 bridgehead atoms. The lowest BCUT2D eigenvalue weighted by atomic mass is 9.81. The Morgan fingerprint density at radius 3 is 2.50 bits per heavy atom. The zero-order valence-electron chi connectivity index (χ0n) is 11.2. The molecule has 1 atom stereocenters. The number of nitrogens with one attached hydrogen (secondary N) is 1. The summed E-state index contributed by atoms with van der Waals surface area (Å²) < 4.78 is 12.3. The molecule has 0 spiro atoms. The smallest absolute Gasteiger partial charge is 0.272 e. The van der Waals surface area contributed by atoms with E-state index in [1.165, 1.54) is 0 Å². The van der Waals surface area contributed by atoms with E-state index in [9.17, 15) is 14.3 Å². The molecular weight excluding hydrogens is 325 g/mol. The largest absolute Gasteiger partial charge is 0.385 e. The van der Waals surface area contributed by atoms with Crippen molar-refractivity contribution in [1.29, 1.82) is 0 Å². The van der Waals surface area contributed by atoms with Gasteiger partial charge in [-0.05, 0) is 34.3 Å². The van der Waals surface area contributed by atoms with Crippen LogP contribution in [-0.4, -0.2) is 21.2 Å². The summed E-state index contributed by atoms with van der Waals surface area (Å²) in [4.78, 5) is 12.0. The fourth-order valence-corrected chi connectivity index (χ4v) is 3.09. The first-order valence-electron chi connectivity index (χ1n) is 6.88. The maximum atomic E-state index is 14.7. The van der Waals surface area contributed by atoms with Crippen molar-refractivity contribution in [2.75, 3.05) is 0 Å². The molecule has 0 radical (unpaired) electrons.